The molecule has 0 aliphatic carbocycles. The summed E-state index contributed by atoms with van der Waals surface area (Å²) in [6.45, 7) is 11.6. The summed E-state index contributed by atoms with van der Waals surface area (Å²) in [5.41, 5.74) is 2.33. The Morgan fingerprint density at radius 1 is 1.32 bits per heavy atom. The van der Waals surface area contributed by atoms with Crippen molar-refractivity contribution in [2.75, 3.05) is 32.7 Å². The number of aromatic nitrogens is 3. The average Bonchev–Trinajstić information content (AvgIpc) is 3.08. The molecule has 1 atom stereocenters. The van der Waals surface area contributed by atoms with E-state index in [9.17, 15) is 4.79 Å². The largest absolute Gasteiger partial charge is 0.336 e. The van der Waals surface area contributed by atoms with Gasteiger partial charge in [0.25, 0.3) is 5.91 Å². The standard InChI is InChI=1S/C18H28N6O/c1-4-15-13-23(8-7-19-15)18(25)16-10-21-24-12-14(9-20-17(16)24)11-22(5-2)6-3/h9-10,12,15,19H,4-8,11,13H2,1-3H3/t15-/m1/s1. The maximum absolute atomic E-state index is 12.9. The van der Waals surface area contributed by atoms with E-state index in [-0.39, 0.29) is 5.91 Å². The van der Waals surface area contributed by atoms with Crippen molar-refractivity contribution in [2.24, 2.45) is 0 Å². The summed E-state index contributed by atoms with van der Waals surface area (Å²) < 4.78 is 1.73. The van der Waals surface area contributed by atoms with E-state index in [2.05, 4.69) is 41.1 Å². The van der Waals surface area contributed by atoms with E-state index in [4.69, 9.17) is 0 Å². The highest BCUT2D eigenvalue weighted by molar-refractivity contribution is 5.99. The molecule has 1 saturated heterocycles. The monoisotopic (exact) mass is 344 g/mol. The SMILES string of the molecule is CC[C@@H]1CN(C(=O)c2cnn3cc(CN(CC)CC)cnc23)CCN1. The molecular formula is C18H28N6O. The molecule has 0 saturated carbocycles. The molecule has 1 fully saturated rings. The third-order valence-electron chi connectivity index (χ3n) is 4.98. The molecule has 1 amide bonds. The van der Waals surface area contributed by atoms with Crippen molar-refractivity contribution in [3.05, 3.63) is 29.7 Å². The summed E-state index contributed by atoms with van der Waals surface area (Å²) in [7, 11) is 0. The van der Waals surface area contributed by atoms with E-state index in [1.54, 1.807) is 10.7 Å². The lowest BCUT2D eigenvalue weighted by atomic mass is 10.1. The van der Waals surface area contributed by atoms with Gasteiger partial charge in [0.05, 0.1) is 6.20 Å². The molecule has 0 bridgehead atoms. The average molecular weight is 344 g/mol. The van der Waals surface area contributed by atoms with E-state index >= 15 is 0 Å². The van der Waals surface area contributed by atoms with Crippen molar-refractivity contribution in [1.29, 1.82) is 0 Å². The minimum Gasteiger partial charge on any atom is -0.336 e. The lowest BCUT2D eigenvalue weighted by Gasteiger charge is -2.33. The van der Waals surface area contributed by atoms with Gasteiger partial charge in [0.1, 0.15) is 5.56 Å². The zero-order valence-corrected chi connectivity index (χ0v) is 15.4. The van der Waals surface area contributed by atoms with Gasteiger partial charge in [0.15, 0.2) is 5.65 Å². The molecule has 0 unspecified atom stereocenters. The van der Waals surface area contributed by atoms with Crippen molar-refractivity contribution in [3.63, 3.8) is 0 Å². The highest BCUT2D eigenvalue weighted by Crippen LogP contribution is 2.14. The van der Waals surface area contributed by atoms with Crippen molar-refractivity contribution >= 4 is 11.6 Å². The molecule has 1 aliphatic heterocycles. The fraction of sp³-hybridized carbons (Fsp3) is 0.611. The summed E-state index contributed by atoms with van der Waals surface area (Å²) in [5, 5.41) is 7.80. The molecule has 0 spiro atoms. The first-order valence-electron chi connectivity index (χ1n) is 9.23. The van der Waals surface area contributed by atoms with Crippen LogP contribution < -0.4 is 5.32 Å². The minimum atomic E-state index is 0.0268. The third-order valence-corrected chi connectivity index (χ3v) is 4.98. The van der Waals surface area contributed by atoms with Crippen molar-refractivity contribution in [1.82, 2.24) is 29.7 Å². The van der Waals surface area contributed by atoms with Gasteiger partial charge in [0.2, 0.25) is 0 Å². The molecule has 3 heterocycles. The lowest BCUT2D eigenvalue weighted by molar-refractivity contribution is 0.0703. The van der Waals surface area contributed by atoms with Gasteiger partial charge < -0.3 is 10.2 Å². The molecule has 0 radical (unpaired) electrons. The van der Waals surface area contributed by atoms with E-state index in [0.29, 0.717) is 17.3 Å². The lowest BCUT2D eigenvalue weighted by Crippen LogP contribution is -2.52. The summed E-state index contributed by atoms with van der Waals surface area (Å²) in [5.74, 6) is 0.0268. The van der Waals surface area contributed by atoms with Crippen LogP contribution in [0.2, 0.25) is 0 Å². The minimum absolute atomic E-state index is 0.0268. The summed E-state index contributed by atoms with van der Waals surface area (Å²) in [4.78, 5) is 21.7. The Morgan fingerprint density at radius 2 is 2.12 bits per heavy atom. The molecule has 25 heavy (non-hydrogen) atoms. The van der Waals surface area contributed by atoms with Crippen LogP contribution in [0.5, 0.6) is 0 Å². The van der Waals surface area contributed by atoms with Crippen molar-refractivity contribution in [2.45, 2.75) is 39.8 Å². The van der Waals surface area contributed by atoms with Crippen LogP contribution in [0.1, 0.15) is 43.1 Å². The Kier molecular flexibility index (Phi) is 5.65. The van der Waals surface area contributed by atoms with Crippen LogP contribution in [-0.2, 0) is 6.54 Å². The molecule has 3 rings (SSSR count). The quantitative estimate of drug-likeness (QED) is 0.858. The molecule has 136 valence electrons. The normalized spacial score (nSPS) is 18.2. The number of rotatable bonds is 6. The number of nitrogens with zero attached hydrogens (tertiary/aromatic N) is 5. The molecule has 0 aromatic carbocycles. The number of piperazine rings is 1. The number of hydrogen-bond donors (Lipinski definition) is 1. The van der Waals surface area contributed by atoms with E-state index in [1.807, 2.05) is 17.3 Å². The van der Waals surface area contributed by atoms with Gasteiger partial charge >= 0.3 is 0 Å². The van der Waals surface area contributed by atoms with E-state index < -0.39 is 0 Å². The maximum Gasteiger partial charge on any atom is 0.259 e. The fourth-order valence-corrected chi connectivity index (χ4v) is 3.31. The molecule has 1 N–H and O–H groups in total. The zero-order chi connectivity index (χ0) is 17.8. The van der Waals surface area contributed by atoms with Gasteiger partial charge in [-0.3, -0.25) is 9.69 Å². The Bertz CT molecular complexity index is 723. The highest BCUT2D eigenvalue weighted by Gasteiger charge is 2.25. The first-order chi connectivity index (χ1) is 12.2. The van der Waals surface area contributed by atoms with Crippen LogP contribution in [0.25, 0.3) is 5.65 Å². The van der Waals surface area contributed by atoms with Gasteiger partial charge in [0, 0.05) is 50.2 Å². The van der Waals surface area contributed by atoms with Gasteiger partial charge in [-0.1, -0.05) is 20.8 Å². The maximum atomic E-state index is 12.9. The van der Waals surface area contributed by atoms with Crippen molar-refractivity contribution < 1.29 is 4.79 Å². The molecule has 7 heteroatoms. The Balaban J connectivity index is 1.79. The number of carbonyl (C=O) groups is 1. The first kappa shape index (κ1) is 17.8. The Morgan fingerprint density at radius 3 is 2.84 bits per heavy atom. The number of amides is 1. The number of carbonyl (C=O) groups excluding carboxylic acids is 1. The van der Waals surface area contributed by atoms with Gasteiger partial charge in [-0.05, 0) is 19.5 Å². The Labute approximate surface area is 149 Å². The van der Waals surface area contributed by atoms with Gasteiger partial charge in [-0.2, -0.15) is 5.10 Å². The van der Waals surface area contributed by atoms with Crippen LogP contribution in [0, 0.1) is 0 Å². The van der Waals surface area contributed by atoms with Crippen LogP contribution >= 0.6 is 0 Å². The second-order valence-electron chi connectivity index (χ2n) is 6.56. The molecular weight excluding hydrogens is 316 g/mol. The smallest absolute Gasteiger partial charge is 0.259 e. The van der Waals surface area contributed by atoms with Gasteiger partial charge in [-0.25, -0.2) is 9.50 Å². The molecule has 2 aromatic heterocycles. The Hall–Kier alpha value is -1.99. The predicted octanol–water partition coefficient (Wildman–Crippen LogP) is 1.40. The van der Waals surface area contributed by atoms with Crippen LogP contribution in [0.15, 0.2) is 18.6 Å². The predicted molar refractivity (Wildman–Crippen MR) is 97.6 cm³/mol. The van der Waals surface area contributed by atoms with Gasteiger partial charge in [-0.15, -0.1) is 0 Å². The summed E-state index contributed by atoms with van der Waals surface area (Å²) >= 11 is 0. The van der Waals surface area contributed by atoms with Crippen molar-refractivity contribution in [3.8, 4) is 0 Å². The number of fused-ring (bicyclic) bond motifs is 1. The topological polar surface area (TPSA) is 65.8 Å². The molecule has 1 aliphatic rings. The first-order valence-corrected chi connectivity index (χ1v) is 9.23. The van der Waals surface area contributed by atoms with E-state index in [1.165, 1.54) is 0 Å². The second-order valence-corrected chi connectivity index (χ2v) is 6.56. The molecule has 7 nitrogen and oxygen atoms in total. The van der Waals surface area contributed by atoms with E-state index in [0.717, 1.165) is 51.3 Å². The second kappa shape index (κ2) is 7.93. The third kappa shape index (κ3) is 3.82. The van der Waals surface area contributed by atoms with Crippen LogP contribution in [0.3, 0.4) is 0 Å². The van der Waals surface area contributed by atoms with Crippen LogP contribution in [-0.4, -0.2) is 69.1 Å². The molecule has 2 aromatic rings. The summed E-state index contributed by atoms with van der Waals surface area (Å²) in [6, 6.07) is 0.369. The highest BCUT2D eigenvalue weighted by atomic mass is 16.2. The summed E-state index contributed by atoms with van der Waals surface area (Å²) in [6.07, 6.45) is 6.50. The van der Waals surface area contributed by atoms with Crippen LogP contribution in [0.4, 0.5) is 0 Å². The number of nitrogens with one attached hydrogen (secondary N) is 1. The fourth-order valence-electron chi connectivity index (χ4n) is 3.31. The number of hydrogen-bond acceptors (Lipinski definition) is 5. The zero-order valence-electron chi connectivity index (χ0n) is 15.4.